The molecule has 1 amide bonds. The van der Waals surface area contributed by atoms with Gasteiger partial charge in [0.05, 0.1) is 5.69 Å². The van der Waals surface area contributed by atoms with E-state index in [1.165, 1.54) is 4.68 Å². The molecule has 0 radical (unpaired) electrons. The topological polar surface area (TPSA) is 114 Å². The fourth-order valence-electron chi connectivity index (χ4n) is 5.95. The second-order valence-electron chi connectivity index (χ2n) is 12.9. The average Bonchev–Trinajstić information content (AvgIpc) is 3.08. The highest BCUT2D eigenvalue weighted by Gasteiger charge is 2.24. The van der Waals surface area contributed by atoms with E-state index in [0.717, 1.165) is 90.1 Å². The van der Waals surface area contributed by atoms with E-state index in [1.54, 1.807) is 30.1 Å². The Morgan fingerprint density at radius 1 is 0.894 bits per heavy atom. The Morgan fingerprint density at radius 3 is 1.94 bits per heavy atom. The maximum atomic E-state index is 14.1. The van der Waals surface area contributed by atoms with Crippen molar-refractivity contribution in [2.24, 2.45) is 22.1 Å². The SMILES string of the molecule is CCCCC(CC)CN(CC(CC)CCCC)C(=O)c1cccc(N=Nc2c(C)c(C#N)c(O)n(N(CCCC)CCCC)c2=O)c1. The number of rotatable bonds is 22. The Morgan fingerprint density at radius 2 is 1.45 bits per heavy atom. The lowest BCUT2D eigenvalue weighted by molar-refractivity contribution is 0.0685. The van der Waals surface area contributed by atoms with Crippen molar-refractivity contribution in [2.45, 2.75) is 126 Å². The van der Waals surface area contributed by atoms with Crippen LogP contribution in [-0.4, -0.2) is 46.8 Å². The molecule has 0 aliphatic heterocycles. The molecule has 9 nitrogen and oxygen atoms in total. The molecule has 2 unspecified atom stereocenters. The molecule has 260 valence electrons. The lowest BCUT2D eigenvalue weighted by Gasteiger charge is -2.31. The predicted molar refractivity (Wildman–Crippen MR) is 193 cm³/mol. The van der Waals surface area contributed by atoms with Crippen molar-refractivity contribution in [2.75, 3.05) is 31.2 Å². The van der Waals surface area contributed by atoms with Crippen molar-refractivity contribution in [3.8, 4) is 11.9 Å². The summed E-state index contributed by atoms with van der Waals surface area (Å²) in [5, 5.41) is 31.5. The van der Waals surface area contributed by atoms with Crippen molar-refractivity contribution < 1.29 is 9.90 Å². The normalized spacial score (nSPS) is 12.6. The summed E-state index contributed by atoms with van der Waals surface area (Å²) in [6.07, 6.45) is 12.4. The van der Waals surface area contributed by atoms with Crippen molar-refractivity contribution >= 4 is 17.3 Å². The lowest BCUT2D eigenvalue weighted by atomic mass is 9.95. The van der Waals surface area contributed by atoms with Crippen LogP contribution in [0.4, 0.5) is 11.4 Å². The molecule has 1 aromatic heterocycles. The third kappa shape index (κ3) is 11.5. The number of pyridine rings is 1. The summed E-state index contributed by atoms with van der Waals surface area (Å²) in [7, 11) is 0. The first-order chi connectivity index (χ1) is 22.7. The Balaban J connectivity index is 2.51. The van der Waals surface area contributed by atoms with E-state index in [9.17, 15) is 20.0 Å². The quantitative estimate of drug-likeness (QED) is 0.128. The Kier molecular flexibility index (Phi) is 17.9. The maximum absolute atomic E-state index is 14.1. The summed E-state index contributed by atoms with van der Waals surface area (Å²) in [5.41, 5.74) is 0.730. The van der Waals surface area contributed by atoms with E-state index < -0.39 is 5.56 Å². The number of hydrogen-bond donors (Lipinski definition) is 1. The van der Waals surface area contributed by atoms with Gasteiger partial charge >= 0.3 is 0 Å². The van der Waals surface area contributed by atoms with Gasteiger partial charge < -0.3 is 15.0 Å². The predicted octanol–water partition coefficient (Wildman–Crippen LogP) is 9.56. The highest BCUT2D eigenvalue weighted by Crippen LogP contribution is 2.28. The summed E-state index contributed by atoms with van der Waals surface area (Å²) in [4.78, 5) is 29.9. The molecule has 2 aromatic rings. The zero-order valence-electron chi connectivity index (χ0n) is 30.2. The highest BCUT2D eigenvalue weighted by molar-refractivity contribution is 5.95. The molecular weight excluding hydrogens is 588 g/mol. The first kappa shape index (κ1) is 39.5. The fourth-order valence-corrected chi connectivity index (χ4v) is 5.95. The Hall–Kier alpha value is -3.67. The minimum atomic E-state index is -0.524. The van der Waals surface area contributed by atoms with Crippen LogP contribution in [-0.2, 0) is 0 Å². The van der Waals surface area contributed by atoms with Crippen LogP contribution in [0.5, 0.6) is 5.88 Å². The molecule has 1 heterocycles. The van der Waals surface area contributed by atoms with E-state index >= 15 is 0 Å². The van der Waals surface area contributed by atoms with E-state index in [0.29, 0.717) is 36.2 Å². The van der Waals surface area contributed by atoms with Gasteiger partial charge in [-0.15, -0.1) is 5.11 Å². The van der Waals surface area contributed by atoms with Gasteiger partial charge in [-0.1, -0.05) is 99.0 Å². The number of amides is 1. The summed E-state index contributed by atoms with van der Waals surface area (Å²) in [6, 6.07) is 9.15. The van der Waals surface area contributed by atoms with Crippen molar-refractivity contribution in [1.82, 2.24) is 9.58 Å². The number of aromatic hydroxyl groups is 1. The number of carbonyl (C=O) groups is 1. The lowest BCUT2D eigenvalue weighted by Crippen LogP contribution is -2.43. The van der Waals surface area contributed by atoms with E-state index in [2.05, 4.69) is 57.8 Å². The van der Waals surface area contributed by atoms with Crippen LogP contribution in [0.15, 0.2) is 39.3 Å². The molecule has 2 atom stereocenters. The number of aromatic nitrogens is 1. The van der Waals surface area contributed by atoms with Gasteiger partial charge in [0.25, 0.3) is 11.5 Å². The molecule has 0 aliphatic carbocycles. The zero-order valence-corrected chi connectivity index (χ0v) is 30.2. The zero-order chi connectivity index (χ0) is 34.8. The molecule has 1 aromatic carbocycles. The van der Waals surface area contributed by atoms with Crippen LogP contribution < -0.4 is 10.6 Å². The van der Waals surface area contributed by atoms with E-state index in [-0.39, 0.29) is 28.6 Å². The molecule has 0 spiro atoms. The number of benzene rings is 1. The maximum Gasteiger partial charge on any atom is 0.300 e. The number of carbonyl (C=O) groups excluding carboxylic acids is 1. The molecule has 47 heavy (non-hydrogen) atoms. The van der Waals surface area contributed by atoms with Crippen LogP contribution in [0.3, 0.4) is 0 Å². The standard InChI is InChI=1S/C38H60N6O3/c1-8-14-19-30(12-5)27-42(28-31(13-6)20-15-9-2)36(45)32-21-18-22-33(25-32)40-41-35-29(7)34(26-39)37(46)44(38(35)47)43(23-16-10-3)24-17-11-4/h18,21-22,25,30-31,46H,8-17,19-20,23-24,27-28H2,1-7H3. The van der Waals surface area contributed by atoms with Gasteiger partial charge in [-0.3, -0.25) is 9.59 Å². The summed E-state index contributed by atoms with van der Waals surface area (Å²) in [5.74, 6) is 0.522. The third-order valence-corrected chi connectivity index (χ3v) is 9.17. The van der Waals surface area contributed by atoms with Crippen LogP contribution in [0.25, 0.3) is 0 Å². The molecular formula is C38H60N6O3. The number of unbranched alkanes of at least 4 members (excludes halogenated alkanes) is 4. The van der Waals surface area contributed by atoms with Gasteiger partial charge in [0, 0.05) is 37.3 Å². The third-order valence-electron chi connectivity index (χ3n) is 9.17. The second-order valence-corrected chi connectivity index (χ2v) is 12.9. The summed E-state index contributed by atoms with van der Waals surface area (Å²) >= 11 is 0. The smallest absolute Gasteiger partial charge is 0.300 e. The average molecular weight is 649 g/mol. The van der Waals surface area contributed by atoms with Gasteiger partial charge in [-0.05, 0) is 62.6 Å². The molecule has 9 heteroatoms. The van der Waals surface area contributed by atoms with Gasteiger partial charge in [-0.25, -0.2) is 0 Å². The van der Waals surface area contributed by atoms with E-state index in [1.807, 2.05) is 11.0 Å². The molecule has 0 saturated heterocycles. The first-order valence-electron chi connectivity index (χ1n) is 18.2. The van der Waals surface area contributed by atoms with Gasteiger partial charge in [0.2, 0.25) is 5.88 Å². The van der Waals surface area contributed by atoms with Crippen molar-refractivity contribution in [1.29, 1.82) is 5.26 Å². The van der Waals surface area contributed by atoms with Crippen molar-refractivity contribution in [3.05, 3.63) is 51.3 Å². The first-order valence-corrected chi connectivity index (χ1v) is 18.2. The van der Waals surface area contributed by atoms with Gasteiger partial charge in [-0.2, -0.15) is 15.1 Å². The molecule has 0 aliphatic rings. The van der Waals surface area contributed by atoms with E-state index in [4.69, 9.17) is 0 Å². The summed E-state index contributed by atoms with van der Waals surface area (Å²) < 4.78 is 1.19. The molecule has 2 rings (SSSR count). The number of azo groups is 1. The molecule has 1 N–H and O–H groups in total. The van der Waals surface area contributed by atoms with Crippen LogP contribution >= 0.6 is 0 Å². The Bertz CT molecular complexity index is 1350. The minimum absolute atomic E-state index is 0.000809. The van der Waals surface area contributed by atoms with Crippen LogP contribution in [0.1, 0.15) is 140 Å². The molecule has 0 saturated carbocycles. The minimum Gasteiger partial charge on any atom is -0.492 e. The Labute approximate surface area is 283 Å². The van der Waals surface area contributed by atoms with Crippen LogP contribution in [0.2, 0.25) is 0 Å². The fraction of sp³-hybridized carbons (Fsp3) is 0.658. The molecule has 0 fully saturated rings. The number of nitriles is 1. The molecule has 0 bridgehead atoms. The number of hydrogen-bond acceptors (Lipinski definition) is 7. The monoisotopic (exact) mass is 648 g/mol. The van der Waals surface area contributed by atoms with Gasteiger partial charge in [0.1, 0.15) is 11.6 Å². The highest BCUT2D eigenvalue weighted by atomic mass is 16.3. The van der Waals surface area contributed by atoms with Gasteiger partial charge in [0.15, 0.2) is 5.69 Å². The second kappa shape index (κ2) is 21.3. The van der Waals surface area contributed by atoms with Crippen LogP contribution in [0, 0.1) is 30.1 Å². The number of nitrogens with zero attached hydrogens (tertiary/aromatic N) is 6. The van der Waals surface area contributed by atoms with Crippen molar-refractivity contribution in [3.63, 3.8) is 0 Å². The summed E-state index contributed by atoms with van der Waals surface area (Å²) in [6.45, 7) is 17.2. The largest absolute Gasteiger partial charge is 0.492 e.